The molecule has 4 saturated carbocycles. The molecule has 4 aliphatic rings. The molecule has 0 aromatic carbocycles. The molecule has 4 bridgehead atoms. The van der Waals surface area contributed by atoms with Crippen LogP contribution in [-0.4, -0.2) is 10.2 Å². The van der Waals surface area contributed by atoms with Gasteiger partial charge in [0.05, 0.1) is 0 Å². The highest BCUT2D eigenvalue weighted by Crippen LogP contribution is 2.61. The minimum absolute atomic E-state index is 0.525. The lowest BCUT2D eigenvalue weighted by Crippen LogP contribution is -2.46. The zero-order chi connectivity index (χ0) is 13.6. The molecule has 3 heteroatoms. The molecule has 1 heterocycles. The first kappa shape index (κ1) is 12.3. The molecule has 20 heavy (non-hydrogen) atoms. The van der Waals surface area contributed by atoms with Crippen LogP contribution in [0.15, 0.2) is 12.3 Å². The molecular weight excluding hydrogens is 246 g/mol. The van der Waals surface area contributed by atoms with E-state index in [4.69, 9.17) is 5.26 Å². The van der Waals surface area contributed by atoms with Gasteiger partial charge in [0.1, 0.15) is 6.07 Å². The standard InChI is InChI=1S/C17H21N3/c18-11-16-15(2-4-19-20-16)1-3-17-8-12-5-13(9-17)7-14(6-12)10-17/h2,4,12-14H,1,3,5-10H2. The molecule has 0 radical (unpaired) electrons. The lowest BCUT2D eigenvalue weighted by Gasteiger charge is -2.57. The van der Waals surface area contributed by atoms with E-state index in [9.17, 15) is 0 Å². The Hall–Kier alpha value is -1.43. The molecule has 0 unspecified atom stereocenters. The van der Waals surface area contributed by atoms with Crippen LogP contribution in [0.4, 0.5) is 0 Å². The van der Waals surface area contributed by atoms with Crippen molar-refractivity contribution in [2.75, 3.05) is 0 Å². The Morgan fingerprint density at radius 1 is 1.15 bits per heavy atom. The van der Waals surface area contributed by atoms with Gasteiger partial charge in [0.2, 0.25) is 0 Å². The van der Waals surface area contributed by atoms with Crippen molar-refractivity contribution >= 4 is 0 Å². The molecule has 4 fully saturated rings. The van der Waals surface area contributed by atoms with Crippen LogP contribution < -0.4 is 0 Å². The summed E-state index contributed by atoms with van der Waals surface area (Å²) >= 11 is 0. The molecule has 3 nitrogen and oxygen atoms in total. The topological polar surface area (TPSA) is 49.6 Å². The van der Waals surface area contributed by atoms with Gasteiger partial charge in [-0.25, -0.2) is 0 Å². The predicted molar refractivity (Wildman–Crippen MR) is 75.7 cm³/mol. The molecule has 0 aliphatic heterocycles. The summed E-state index contributed by atoms with van der Waals surface area (Å²) in [5, 5.41) is 16.9. The van der Waals surface area contributed by atoms with Crippen molar-refractivity contribution in [1.82, 2.24) is 10.2 Å². The molecular formula is C17H21N3. The van der Waals surface area contributed by atoms with E-state index in [0.717, 1.165) is 29.7 Å². The Balaban J connectivity index is 1.51. The minimum Gasteiger partial charge on any atom is -0.191 e. The first-order valence-electron chi connectivity index (χ1n) is 7.97. The minimum atomic E-state index is 0.525. The van der Waals surface area contributed by atoms with E-state index in [1.807, 2.05) is 6.07 Å². The highest BCUT2D eigenvalue weighted by atomic mass is 15.1. The van der Waals surface area contributed by atoms with Crippen LogP contribution in [-0.2, 0) is 6.42 Å². The van der Waals surface area contributed by atoms with Crippen LogP contribution in [0.5, 0.6) is 0 Å². The molecule has 0 spiro atoms. The first-order valence-corrected chi connectivity index (χ1v) is 7.97. The monoisotopic (exact) mass is 267 g/mol. The van der Waals surface area contributed by atoms with Crippen LogP contribution in [0.3, 0.4) is 0 Å². The van der Waals surface area contributed by atoms with E-state index in [-0.39, 0.29) is 0 Å². The van der Waals surface area contributed by atoms with Crippen LogP contribution in [0.25, 0.3) is 0 Å². The molecule has 0 atom stereocenters. The van der Waals surface area contributed by atoms with Crippen LogP contribution in [0, 0.1) is 34.5 Å². The lowest BCUT2D eigenvalue weighted by atomic mass is 9.48. The largest absolute Gasteiger partial charge is 0.191 e. The SMILES string of the molecule is N#Cc1nnccc1CCC12CC3CC(CC(C3)C1)C2. The quantitative estimate of drug-likeness (QED) is 0.842. The average molecular weight is 267 g/mol. The van der Waals surface area contributed by atoms with E-state index in [1.165, 1.54) is 44.9 Å². The first-order chi connectivity index (χ1) is 9.76. The Morgan fingerprint density at radius 3 is 2.40 bits per heavy atom. The third-order valence-corrected chi connectivity index (χ3v) is 6.00. The van der Waals surface area contributed by atoms with Crippen LogP contribution >= 0.6 is 0 Å². The number of hydrogen-bond acceptors (Lipinski definition) is 3. The third kappa shape index (κ3) is 2.02. The van der Waals surface area contributed by atoms with E-state index in [2.05, 4.69) is 16.3 Å². The van der Waals surface area contributed by atoms with E-state index < -0.39 is 0 Å². The molecule has 1 aromatic rings. The van der Waals surface area contributed by atoms with Gasteiger partial charge in [-0.2, -0.15) is 10.4 Å². The van der Waals surface area contributed by atoms with Gasteiger partial charge in [-0.05, 0) is 86.2 Å². The fraction of sp³-hybridized carbons (Fsp3) is 0.706. The number of aryl methyl sites for hydroxylation is 1. The van der Waals surface area contributed by atoms with Crippen molar-refractivity contribution in [2.24, 2.45) is 23.2 Å². The maximum absolute atomic E-state index is 9.13. The van der Waals surface area contributed by atoms with Crippen molar-refractivity contribution in [1.29, 1.82) is 5.26 Å². The summed E-state index contributed by atoms with van der Waals surface area (Å²) in [4.78, 5) is 0. The van der Waals surface area contributed by atoms with Crippen molar-refractivity contribution < 1.29 is 0 Å². The predicted octanol–water partition coefficient (Wildman–Crippen LogP) is 3.50. The van der Waals surface area contributed by atoms with Gasteiger partial charge in [-0.15, -0.1) is 5.10 Å². The summed E-state index contributed by atoms with van der Waals surface area (Å²) in [7, 11) is 0. The van der Waals surface area contributed by atoms with Gasteiger partial charge < -0.3 is 0 Å². The van der Waals surface area contributed by atoms with Crippen molar-refractivity contribution in [3.05, 3.63) is 23.5 Å². The van der Waals surface area contributed by atoms with Gasteiger partial charge in [0.25, 0.3) is 0 Å². The summed E-state index contributed by atoms with van der Waals surface area (Å²) in [6.07, 6.45) is 12.8. The molecule has 0 N–H and O–H groups in total. The molecule has 4 aliphatic carbocycles. The van der Waals surface area contributed by atoms with Crippen LogP contribution in [0.2, 0.25) is 0 Å². The Bertz CT molecular complexity index is 522. The van der Waals surface area contributed by atoms with Gasteiger partial charge >= 0.3 is 0 Å². The van der Waals surface area contributed by atoms with Gasteiger partial charge in [-0.1, -0.05) is 0 Å². The molecule has 5 rings (SSSR count). The molecule has 1 aromatic heterocycles. The fourth-order valence-electron chi connectivity index (χ4n) is 5.65. The number of nitrogens with zero attached hydrogens (tertiary/aromatic N) is 3. The summed E-state index contributed by atoms with van der Waals surface area (Å²) in [5.41, 5.74) is 2.21. The summed E-state index contributed by atoms with van der Waals surface area (Å²) < 4.78 is 0. The maximum atomic E-state index is 9.13. The summed E-state index contributed by atoms with van der Waals surface area (Å²) in [6, 6.07) is 4.16. The second-order valence-electron chi connectivity index (χ2n) is 7.43. The zero-order valence-electron chi connectivity index (χ0n) is 11.9. The maximum Gasteiger partial charge on any atom is 0.166 e. The second-order valence-corrected chi connectivity index (χ2v) is 7.43. The smallest absolute Gasteiger partial charge is 0.166 e. The van der Waals surface area contributed by atoms with Crippen molar-refractivity contribution in [3.63, 3.8) is 0 Å². The average Bonchev–Trinajstić information content (AvgIpc) is 2.44. The zero-order valence-corrected chi connectivity index (χ0v) is 11.9. The van der Waals surface area contributed by atoms with Crippen LogP contribution in [0.1, 0.15) is 56.2 Å². The molecule has 104 valence electrons. The summed E-state index contributed by atoms with van der Waals surface area (Å²) in [5.74, 6) is 3.02. The number of rotatable bonds is 3. The number of aromatic nitrogens is 2. The fourth-order valence-corrected chi connectivity index (χ4v) is 5.65. The Labute approximate surface area is 120 Å². The second kappa shape index (κ2) is 4.55. The number of nitriles is 1. The van der Waals surface area contributed by atoms with Crippen molar-refractivity contribution in [2.45, 2.75) is 51.4 Å². The molecule has 0 saturated heterocycles. The van der Waals surface area contributed by atoms with Crippen molar-refractivity contribution in [3.8, 4) is 6.07 Å². The van der Waals surface area contributed by atoms with Gasteiger partial charge in [0, 0.05) is 6.20 Å². The highest BCUT2D eigenvalue weighted by molar-refractivity contribution is 5.29. The summed E-state index contributed by atoms with van der Waals surface area (Å²) in [6.45, 7) is 0. The van der Waals surface area contributed by atoms with E-state index >= 15 is 0 Å². The third-order valence-electron chi connectivity index (χ3n) is 6.00. The van der Waals surface area contributed by atoms with Gasteiger partial charge in [0.15, 0.2) is 5.69 Å². The van der Waals surface area contributed by atoms with E-state index in [1.54, 1.807) is 6.20 Å². The van der Waals surface area contributed by atoms with E-state index in [0.29, 0.717) is 11.1 Å². The number of hydrogen-bond donors (Lipinski definition) is 0. The normalized spacial score (nSPS) is 37.9. The lowest BCUT2D eigenvalue weighted by molar-refractivity contribution is -0.0569. The highest BCUT2D eigenvalue weighted by Gasteiger charge is 2.50. The van der Waals surface area contributed by atoms with Gasteiger partial charge in [-0.3, -0.25) is 0 Å². The Kier molecular flexibility index (Phi) is 2.80. The molecule has 0 amide bonds. The Morgan fingerprint density at radius 2 is 1.80 bits per heavy atom.